The van der Waals surface area contributed by atoms with E-state index in [-0.39, 0.29) is 0 Å². The van der Waals surface area contributed by atoms with Gasteiger partial charge in [0.2, 0.25) is 0 Å². The third-order valence-electron chi connectivity index (χ3n) is 2.47. The van der Waals surface area contributed by atoms with E-state index >= 15 is 0 Å². The van der Waals surface area contributed by atoms with Gasteiger partial charge in [0.1, 0.15) is 0 Å². The van der Waals surface area contributed by atoms with Gasteiger partial charge in [0.25, 0.3) is 0 Å². The molecule has 1 atom stereocenters. The van der Waals surface area contributed by atoms with Gasteiger partial charge in [-0.05, 0) is 58.0 Å². The zero-order valence-corrected chi connectivity index (χ0v) is 11.9. The second-order valence-corrected chi connectivity index (χ2v) is 5.35. The van der Waals surface area contributed by atoms with Crippen LogP contribution in [0.15, 0.2) is 42.7 Å². The molecule has 2 aromatic rings. The van der Waals surface area contributed by atoms with E-state index < -0.39 is 6.10 Å². The van der Waals surface area contributed by atoms with E-state index in [1.54, 1.807) is 12.4 Å². The molecule has 1 unspecified atom stereocenters. The highest BCUT2D eigenvalue weighted by molar-refractivity contribution is 14.1. The maximum Gasteiger partial charge on any atom is 0.0841 e. The molecule has 0 aliphatic rings. The van der Waals surface area contributed by atoms with Crippen LogP contribution in [0.3, 0.4) is 0 Å². The van der Waals surface area contributed by atoms with E-state index in [4.69, 9.17) is 11.6 Å². The van der Waals surface area contributed by atoms with Crippen LogP contribution in [-0.4, -0.2) is 10.1 Å². The first kappa shape index (κ1) is 12.8. The van der Waals surface area contributed by atoms with E-state index in [2.05, 4.69) is 27.6 Å². The number of rotatable bonds is 3. The molecule has 0 saturated carbocycles. The second kappa shape index (κ2) is 5.80. The predicted octanol–water partition coefficient (Wildman–Crippen LogP) is 3.62. The minimum atomic E-state index is -0.551. The van der Waals surface area contributed by atoms with Crippen LogP contribution in [0.2, 0.25) is 5.02 Å². The average molecular weight is 360 g/mol. The number of aliphatic hydroxyl groups is 1. The van der Waals surface area contributed by atoms with Crippen molar-refractivity contribution in [1.29, 1.82) is 0 Å². The summed E-state index contributed by atoms with van der Waals surface area (Å²) < 4.78 is 1.02. The first-order chi connectivity index (χ1) is 8.16. The number of halogens is 2. The number of aromatic nitrogens is 1. The Kier molecular flexibility index (Phi) is 4.36. The van der Waals surface area contributed by atoms with Crippen LogP contribution in [0.1, 0.15) is 17.2 Å². The monoisotopic (exact) mass is 359 g/mol. The Morgan fingerprint density at radius 2 is 2.18 bits per heavy atom. The number of nitrogens with zero attached hydrogens (tertiary/aromatic N) is 1. The summed E-state index contributed by atoms with van der Waals surface area (Å²) in [5.41, 5.74) is 1.87. The molecule has 0 bridgehead atoms. The van der Waals surface area contributed by atoms with Crippen LogP contribution in [0.25, 0.3) is 0 Å². The SMILES string of the molecule is OC(Cc1cccnc1)c1cc(Cl)ccc1I. The van der Waals surface area contributed by atoms with Crippen LogP contribution < -0.4 is 0 Å². The summed E-state index contributed by atoms with van der Waals surface area (Å²) in [6, 6.07) is 9.36. The van der Waals surface area contributed by atoms with E-state index in [1.165, 1.54) is 0 Å². The van der Waals surface area contributed by atoms with Gasteiger partial charge in [0, 0.05) is 27.4 Å². The summed E-state index contributed by atoms with van der Waals surface area (Å²) in [6.07, 6.45) is 3.48. The standard InChI is InChI=1S/C13H11ClINO/c14-10-3-4-12(15)11(7-10)13(17)6-9-2-1-5-16-8-9/h1-5,7-8,13,17H,6H2. The molecule has 0 spiro atoms. The Labute approximate surface area is 119 Å². The number of aliphatic hydroxyl groups excluding tert-OH is 1. The van der Waals surface area contributed by atoms with Crippen LogP contribution in [0.4, 0.5) is 0 Å². The molecular formula is C13H11ClINO. The van der Waals surface area contributed by atoms with Crippen molar-refractivity contribution in [2.45, 2.75) is 12.5 Å². The molecule has 0 fully saturated rings. The highest BCUT2D eigenvalue weighted by atomic mass is 127. The maximum atomic E-state index is 10.2. The zero-order chi connectivity index (χ0) is 12.3. The van der Waals surface area contributed by atoms with Crippen molar-refractivity contribution >= 4 is 34.2 Å². The average Bonchev–Trinajstić information content (AvgIpc) is 2.33. The number of benzene rings is 1. The Morgan fingerprint density at radius 3 is 2.88 bits per heavy atom. The van der Waals surface area contributed by atoms with Crippen LogP contribution in [-0.2, 0) is 6.42 Å². The Morgan fingerprint density at radius 1 is 1.35 bits per heavy atom. The first-order valence-corrected chi connectivity index (χ1v) is 6.64. The summed E-state index contributed by atoms with van der Waals surface area (Å²) in [7, 11) is 0. The molecule has 0 saturated heterocycles. The van der Waals surface area contributed by atoms with Crippen molar-refractivity contribution in [3.8, 4) is 0 Å². The van der Waals surface area contributed by atoms with Gasteiger partial charge in [-0.25, -0.2) is 0 Å². The van der Waals surface area contributed by atoms with Gasteiger partial charge in [-0.3, -0.25) is 4.98 Å². The van der Waals surface area contributed by atoms with Gasteiger partial charge in [-0.15, -0.1) is 0 Å². The molecule has 1 heterocycles. The summed E-state index contributed by atoms with van der Waals surface area (Å²) in [5, 5.41) is 10.8. The van der Waals surface area contributed by atoms with Gasteiger partial charge >= 0.3 is 0 Å². The lowest BCUT2D eigenvalue weighted by Gasteiger charge is -2.13. The Balaban J connectivity index is 2.20. The Hall–Kier alpha value is -0.650. The molecule has 1 N–H and O–H groups in total. The molecule has 1 aromatic heterocycles. The fraction of sp³-hybridized carbons (Fsp3) is 0.154. The highest BCUT2D eigenvalue weighted by Gasteiger charge is 2.12. The number of pyridine rings is 1. The van der Waals surface area contributed by atoms with Crippen molar-refractivity contribution in [3.63, 3.8) is 0 Å². The number of hydrogen-bond donors (Lipinski definition) is 1. The van der Waals surface area contributed by atoms with Gasteiger partial charge in [0.05, 0.1) is 6.10 Å². The van der Waals surface area contributed by atoms with Crippen molar-refractivity contribution in [2.24, 2.45) is 0 Å². The minimum absolute atomic E-state index is 0.546. The van der Waals surface area contributed by atoms with E-state index in [9.17, 15) is 5.11 Å². The predicted molar refractivity (Wildman–Crippen MR) is 77.1 cm³/mol. The fourth-order valence-corrected chi connectivity index (χ4v) is 2.50. The summed E-state index contributed by atoms with van der Waals surface area (Å²) in [4.78, 5) is 4.03. The molecule has 2 rings (SSSR count). The summed E-state index contributed by atoms with van der Waals surface area (Å²) in [6.45, 7) is 0. The minimum Gasteiger partial charge on any atom is -0.388 e. The third-order valence-corrected chi connectivity index (χ3v) is 3.69. The molecule has 0 amide bonds. The summed E-state index contributed by atoms with van der Waals surface area (Å²) >= 11 is 8.14. The fourth-order valence-electron chi connectivity index (χ4n) is 1.62. The lowest BCUT2D eigenvalue weighted by molar-refractivity contribution is 0.177. The molecule has 4 heteroatoms. The van der Waals surface area contributed by atoms with Crippen LogP contribution in [0.5, 0.6) is 0 Å². The van der Waals surface area contributed by atoms with Gasteiger partial charge in [0.15, 0.2) is 0 Å². The quantitative estimate of drug-likeness (QED) is 0.849. The molecule has 1 aromatic carbocycles. The van der Waals surface area contributed by atoms with E-state index in [0.717, 1.165) is 14.7 Å². The molecule has 2 nitrogen and oxygen atoms in total. The normalized spacial score (nSPS) is 12.4. The molecule has 17 heavy (non-hydrogen) atoms. The van der Waals surface area contributed by atoms with Gasteiger partial charge in [-0.2, -0.15) is 0 Å². The first-order valence-electron chi connectivity index (χ1n) is 5.19. The molecule has 0 aliphatic carbocycles. The third kappa shape index (κ3) is 3.40. The van der Waals surface area contributed by atoms with Crippen LogP contribution in [0, 0.1) is 3.57 Å². The van der Waals surface area contributed by atoms with Gasteiger partial charge < -0.3 is 5.11 Å². The second-order valence-electron chi connectivity index (χ2n) is 3.75. The molecule has 0 radical (unpaired) electrons. The van der Waals surface area contributed by atoms with E-state index in [1.807, 2.05) is 30.3 Å². The van der Waals surface area contributed by atoms with Crippen LogP contribution >= 0.6 is 34.2 Å². The van der Waals surface area contributed by atoms with Crippen molar-refractivity contribution in [3.05, 3.63) is 62.4 Å². The molecular weight excluding hydrogens is 349 g/mol. The van der Waals surface area contributed by atoms with Gasteiger partial charge in [-0.1, -0.05) is 17.7 Å². The zero-order valence-electron chi connectivity index (χ0n) is 8.98. The molecule has 0 aliphatic heterocycles. The van der Waals surface area contributed by atoms with Crippen molar-refractivity contribution < 1.29 is 5.11 Å². The lowest BCUT2D eigenvalue weighted by Crippen LogP contribution is -2.04. The number of hydrogen-bond acceptors (Lipinski definition) is 2. The van der Waals surface area contributed by atoms with Crippen molar-refractivity contribution in [1.82, 2.24) is 4.98 Å². The lowest BCUT2D eigenvalue weighted by atomic mass is 10.0. The largest absolute Gasteiger partial charge is 0.388 e. The topological polar surface area (TPSA) is 33.1 Å². The highest BCUT2D eigenvalue weighted by Crippen LogP contribution is 2.26. The Bertz CT molecular complexity index is 504. The molecule has 88 valence electrons. The van der Waals surface area contributed by atoms with Crippen molar-refractivity contribution in [2.75, 3.05) is 0 Å². The summed E-state index contributed by atoms with van der Waals surface area (Å²) in [5.74, 6) is 0. The smallest absolute Gasteiger partial charge is 0.0841 e. The maximum absolute atomic E-state index is 10.2. The van der Waals surface area contributed by atoms with E-state index in [0.29, 0.717) is 11.4 Å².